The number of fused-ring (bicyclic) bond motifs is 2. The van der Waals surface area contributed by atoms with Gasteiger partial charge in [0.25, 0.3) is 0 Å². The number of hydrogen-bond acceptors (Lipinski definition) is 4. The van der Waals surface area contributed by atoms with Gasteiger partial charge in [-0.2, -0.15) is 0 Å². The molecule has 0 atom stereocenters. The summed E-state index contributed by atoms with van der Waals surface area (Å²) in [4.78, 5) is 9.59. The molecule has 1 aliphatic rings. The molecule has 1 aliphatic heterocycles. The molecule has 142 valence electrons. The molecule has 2 aromatic carbocycles. The topological polar surface area (TPSA) is 32.5 Å². The fraction of sp³-hybridized carbons (Fsp3) is 0.261. The van der Waals surface area contributed by atoms with Gasteiger partial charge in [-0.3, -0.25) is 9.88 Å². The first kappa shape index (κ1) is 17.5. The van der Waals surface area contributed by atoms with Crippen molar-refractivity contribution in [3.63, 3.8) is 0 Å². The average molecular weight is 392 g/mol. The maximum atomic E-state index is 6.15. The van der Waals surface area contributed by atoms with Gasteiger partial charge in [0.05, 0.1) is 17.5 Å². The zero-order valence-corrected chi connectivity index (χ0v) is 16.4. The van der Waals surface area contributed by atoms with Gasteiger partial charge < -0.3 is 9.32 Å². The Hall–Kier alpha value is -2.56. The minimum atomic E-state index is 0.757. The van der Waals surface area contributed by atoms with Crippen LogP contribution in [0.2, 0.25) is 5.02 Å². The van der Waals surface area contributed by atoms with Crippen LogP contribution in [0.3, 0.4) is 0 Å². The van der Waals surface area contributed by atoms with Crippen molar-refractivity contribution in [3.05, 3.63) is 71.6 Å². The predicted molar refractivity (Wildman–Crippen MR) is 115 cm³/mol. The van der Waals surface area contributed by atoms with Crippen molar-refractivity contribution in [1.82, 2.24) is 9.88 Å². The number of piperazine rings is 1. The number of nitrogens with zero attached hydrogens (tertiary/aromatic N) is 3. The van der Waals surface area contributed by atoms with Crippen molar-refractivity contribution in [2.75, 3.05) is 37.6 Å². The lowest BCUT2D eigenvalue weighted by Crippen LogP contribution is -2.47. The first-order chi connectivity index (χ1) is 13.8. The third-order valence-corrected chi connectivity index (χ3v) is 5.87. The van der Waals surface area contributed by atoms with Crippen LogP contribution in [0.15, 0.2) is 65.4 Å². The van der Waals surface area contributed by atoms with Gasteiger partial charge in [-0.25, -0.2) is 0 Å². The molecule has 0 bridgehead atoms. The molecule has 1 saturated heterocycles. The minimum Gasteiger partial charge on any atom is -0.464 e. The predicted octanol–water partition coefficient (Wildman–Crippen LogP) is 5.00. The van der Waals surface area contributed by atoms with E-state index in [1.165, 1.54) is 16.6 Å². The average Bonchev–Trinajstić information content (AvgIpc) is 3.14. The van der Waals surface area contributed by atoms with E-state index in [0.29, 0.717) is 0 Å². The van der Waals surface area contributed by atoms with Crippen LogP contribution in [-0.2, 0) is 6.42 Å². The molecule has 0 N–H and O–H groups in total. The normalized spacial score (nSPS) is 15.5. The number of benzene rings is 2. The molecule has 5 heteroatoms. The van der Waals surface area contributed by atoms with E-state index < -0.39 is 0 Å². The highest BCUT2D eigenvalue weighted by Gasteiger charge is 2.19. The SMILES string of the molecule is Clc1ccc2occ(CCN3CCN(c4cccc5cccnc45)CC3)c2c1. The number of furan rings is 1. The number of aromatic nitrogens is 1. The smallest absolute Gasteiger partial charge is 0.134 e. The van der Waals surface area contributed by atoms with Crippen molar-refractivity contribution in [3.8, 4) is 0 Å². The van der Waals surface area contributed by atoms with Crippen molar-refractivity contribution in [2.45, 2.75) is 6.42 Å². The maximum absolute atomic E-state index is 6.15. The lowest BCUT2D eigenvalue weighted by molar-refractivity contribution is 0.261. The van der Waals surface area contributed by atoms with Crippen LogP contribution in [-0.4, -0.2) is 42.6 Å². The van der Waals surface area contributed by atoms with E-state index in [1.807, 2.05) is 36.7 Å². The van der Waals surface area contributed by atoms with Crippen molar-refractivity contribution >= 4 is 39.2 Å². The van der Waals surface area contributed by atoms with E-state index in [2.05, 4.69) is 39.0 Å². The van der Waals surface area contributed by atoms with Gasteiger partial charge in [-0.15, -0.1) is 0 Å². The van der Waals surface area contributed by atoms with E-state index in [-0.39, 0.29) is 0 Å². The van der Waals surface area contributed by atoms with Crippen LogP contribution in [0.25, 0.3) is 21.9 Å². The molecule has 0 saturated carbocycles. The largest absolute Gasteiger partial charge is 0.464 e. The molecular formula is C23H22ClN3O. The quantitative estimate of drug-likeness (QED) is 0.490. The second-order valence-corrected chi connectivity index (χ2v) is 7.77. The monoisotopic (exact) mass is 391 g/mol. The first-order valence-corrected chi connectivity index (χ1v) is 10.1. The molecule has 4 nitrogen and oxygen atoms in total. The Bertz CT molecular complexity index is 1110. The van der Waals surface area contributed by atoms with Crippen molar-refractivity contribution in [2.24, 2.45) is 0 Å². The Morgan fingerprint density at radius 1 is 1.00 bits per heavy atom. The molecule has 1 fully saturated rings. The number of pyridine rings is 1. The Balaban J connectivity index is 1.24. The molecule has 0 unspecified atom stereocenters. The summed E-state index contributed by atoms with van der Waals surface area (Å²) in [6.07, 6.45) is 4.73. The summed E-state index contributed by atoms with van der Waals surface area (Å²) in [5.74, 6) is 0. The summed E-state index contributed by atoms with van der Waals surface area (Å²) in [6, 6.07) is 16.4. The second kappa shape index (κ2) is 7.46. The molecule has 0 aliphatic carbocycles. The van der Waals surface area contributed by atoms with Crippen LogP contribution in [0.4, 0.5) is 5.69 Å². The summed E-state index contributed by atoms with van der Waals surface area (Å²) in [5.41, 5.74) is 4.49. The van der Waals surface area contributed by atoms with E-state index in [1.54, 1.807) is 0 Å². The van der Waals surface area contributed by atoms with E-state index in [0.717, 1.165) is 60.7 Å². The van der Waals surface area contributed by atoms with Crippen LogP contribution >= 0.6 is 11.6 Å². The number of halogens is 1. The van der Waals surface area contributed by atoms with Crippen LogP contribution in [0.1, 0.15) is 5.56 Å². The van der Waals surface area contributed by atoms with Crippen LogP contribution in [0.5, 0.6) is 0 Å². The van der Waals surface area contributed by atoms with Gasteiger partial charge in [0.15, 0.2) is 0 Å². The standard InChI is InChI=1S/C23H22ClN3O/c24-19-6-7-22-20(15-19)18(16-28-22)8-10-26-11-13-27(14-12-26)21-5-1-3-17-4-2-9-25-23(17)21/h1-7,9,15-16H,8,10-14H2. The molecule has 0 radical (unpaired) electrons. The van der Waals surface area contributed by atoms with Gasteiger partial charge in [-0.1, -0.05) is 29.8 Å². The highest BCUT2D eigenvalue weighted by atomic mass is 35.5. The van der Waals surface area contributed by atoms with Gasteiger partial charge in [-0.05, 0) is 42.3 Å². The zero-order valence-electron chi connectivity index (χ0n) is 15.6. The Morgan fingerprint density at radius 2 is 1.86 bits per heavy atom. The van der Waals surface area contributed by atoms with E-state index >= 15 is 0 Å². The second-order valence-electron chi connectivity index (χ2n) is 7.33. The molecule has 28 heavy (non-hydrogen) atoms. The maximum Gasteiger partial charge on any atom is 0.134 e. The molecule has 5 rings (SSSR count). The van der Waals surface area contributed by atoms with Crippen LogP contribution < -0.4 is 4.90 Å². The Labute approximate surface area is 169 Å². The van der Waals surface area contributed by atoms with Crippen molar-refractivity contribution < 1.29 is 4.42 Å². The highest BCUT2D eigenvalue weighted by molar-refractivity contribution is 6.31. The Kier molecular flexibility index (Phi) is 4.67. The van der Waals surface area contributed by atoms with Gasteiger partial charge in [0.2, 0.25) is 0 Å². The molecular weight excluding hydrogens is 370 g/mol. The molecule has 3 heterocycles. The molecule has 2 aromatic heterocycles. The minimum absolute atomic E-state index is 0.757. The molecule has 0 spiro atoms. The van der Waals surface area contributed by atoms with Crippen molar-refractivity contribution in [1.29, 1.82) is 0 Å². The summed E-state index contributed by atoms with van der Waals surface area (Å²) >= 11 is 6.15. The number of anilines is 1. The summed E-state index contributed by atoms with van der Waals surface area (Å²) in [6.45, 7) is 5.18. The van der Waals surface area contributed by atoms with Gasteiger partial charge in [0, 0.05) is 54.7 Å². The summed E-state index contributed by atoms with van der Waals surface area (Å²) in [5, 5.41) is 3.09. The number of rotatable bonds is 4. The molecule has 0 amide bonds. The van der Waals surface area contributed by atoms with E-state index in [4.69, 9.17) is 16.0 Å². The van der Waals surface area contributed by atoms with E-state index in [9.17, 15) is 0 Å². The zero-order chi connectivity index (χ0) is 18.9. The first-order valence-electron chi connectivity index (χ1n) is 9.74. The number of para-hydroxylation sites is 1. The van der Waals surface area contributed by atoms with Crippen LogP contribution in [0, 0.1) is 0 Å². The lowest BCUT2D eigenvalue weighted by Gasteiger charge is -2.36. The Morgan fingerprint density at radius 3 is 2.75 bits per heavy atom. The lowest BCUT2D eigenvalue weighted by atomic mass is 10.1. The third-order valence-electron chi connectivity index (χ3n) is 5.64. The third kappa shape index (κ3) is 3.34. The molecule has 4 aromatic rings. The van der Waals surface area contributed by atoms with Gasteiger partial charge in [0.1, 0.15) is 5.58 Å². The highest BCUT2D eigenvalue weighted by Crippen LogP contribution is 2.27. The summed E-state index contributed by atoms with van der Waals surface area (Å²) in [7, 11) is 0. The summed E-state index contributed by atoms with van der Waals surface area (Å²) < 4.78 is 5.67. The van der Waals surface area contributed by atoms with Gasteiger partial charge >= 0.3 is 0 Å². The fourth-order valence-electron chi connectivity index (χ4n) is 4.08. The number of hydrogen-bond donors (Lipinski definition) is 0. The fourth-order valence-corrected chi connectivity index (χ4v) is 4.25.